The standard InChI is InChI=1S/C25H30FN3O5/c1-24(2,3)34-23(33)27-20-11-25(20)7-4-8-28(13-25)19-10-18-15(9-17(19)26)21(30)16(22(31)32)12-29(18)14-5-6-14/h9-10,12,14,20H,4-8,11,13H2,1-3H3,(H,27,33)(H,31,32)/t20-,25+/m0/s1. The van der Waals surface area contributed by atoms with Gasteiger partial charge >= 0.3 is 12.1 Å². The number of aromatic nitrogens is 1. The van der Waals surface area contributed by atoms with Crippen LogP contribution in [0.4, 0.5) is 14.9 Å². The minimum absolute atomic E-state index is 0.0172. The highest BCUT2D eigenvalue weighted by molar-refractivity contribution is 5.93. The molecule has 2 aromatic rings. The van der Waals surface area contributed by atoms with Crippen LogP contribution in [0.25, 0.3) is 10.9 Å². The van der Waals surface area contributed by atoms with Gasteiger partial charge in [0.05, 0.1) is 11.2 Å². The van der Waals surface area contributed by atoms with Gasteiger partial charge in [-0.15, -0.1) is 0 Å². The summed E-state index contributed by atoms with van der Waals surface area (Å²) in [5.74, 6) is -1.84. The molecular formula is C25H30FN3O5. The summed E-state index contributed by atoms with van der Waals surface area (Å²) in [5.41, 5.74) is -0.725. The summed E-state index contributed by atoms with van der Waals surface area (Å²) in [5, 5.41) is 12.5. The van der Waals surface area contributed by atoms with Crippen molar-refractivity contribution in [3.05, 3.63) is 39.9 Å². The highest BCUT2D eigenvalue weighted by atomic mass is 19.1. The van der Waals surface area contributed by atoms with Crippen LogP contribution >= 0.6 is 0 Å². The third kappa shape index (κ3) is 4.12. The number of hydrogen-bond donors (Lipinski definition) is 2. The molecule has 0 unspecified atom stereocenters. The highest BCUT2D eigenvalue weighted by Crippen LogP contribution is 2.53. The van der Waals surface area contributed by atoms with Crippen molar-refractivity contribution in [1.82, 2.24) is 9.88 Å². The maximum atomic E-state index is 15.3. The Morgan fingerprint density at radius 1 is 1.26 bits per heavy atom. The number of rotatable bonds is 4. The lowest BCUT2D eigenvalue weighted by atomic mass is 9.93. The van der Waals surface area contributed by atoms with Crippen LogP contribution < -0.4 is 15.6 Å². The van der Waals surface area contributed by atoms with Crippen LogP contribution in [0, 0.1) is 11.2 Å². The molecule has 34 heavy (non-hydrogen) atoms. The summed E-state index contributed by atoms with van der Waals surface area (Å²) in [4.78, 5) is 38.5. The first-order valence-corrected chi connectivity index (χ1v) is 11.8. The van der Waals surface area contributed by atoms with Crippen molar-refractivity contribution in [2.24, 2.45) is 5.41 Å². The van der Waals surface area contributed by atoms with E-state index in [4.69, 9.17) is 4.74 Å². The van der Waals surface area contributed by atoms with Crippen LogP contribution in [0.3, 0.4) is 0 Å². The second-order valence-electron chi connectivity index (χ2n) is 10.9. The van der Waals surface area contributed by atoms with Crippen molar-refractivity contribution in [1.29, 1.82) is 0 Å². The summed E-state index contributed by atoms with van der Waals surface area (Å²) >= 11 is 0. The summed E-state index contributed by atoms with van der Waals surface area (Å²) in [6.07, 6.45) is 5.36. The largest absolute Gasteiger partial charge is 0.477 e. The molecule has 0 bridgehead atoms. The Kier molecular flexibility index (Phi) is 5.15. The van der Waals surface area contributed by atoms with E-state index < -0.39 is 28.9 Å². The topological polar surface area (TPSA) is 101 Å². The fourth-order valence-electron chi connectivity index (χ4n) is 5.23. The van der Waals surface area contributed by atoms with Crippen molar-refractivity contribution < 1.29 is 23.8 Å². The van der Waals surface area contributed by atoms with Gasteiger partial charge in [-0.1, -0.05) is 0 Å². The number of pyridine rings is 1. The second kappa shape index (κ2) is 7.71. The monoisotopic (exact) mass is 471 g/mol. The van der Waals surface area contributed by atoms with E-state index in [-0.39, 0.29) is 28.4 Å². The number of benzene rings is 1. The maximum absolute atomic E-state index is 15.3. The van der Waals surface area contributed by atoms with Crippen molar-refractivity contribution in [3.63, 3.8) is 0 Å². The van der Waals surface area contributed by atoms with Gasteiger partial charge in [-0.05, 0) is 65.0 Å². The van der Waals surface area contributed by atoms with Crippen molar-refractivity contribution >= 4 is 28.7 Å². The number of carbonyl (C=O) groups excluding carboxylic acids is 1. The number of nitrogens with one attached hydrogen (secondary N) is 1. The zero-order valence-corrected chi connectivity index (χ0v) is 19.7. The molecule has 1 aliphatic heterocycles. The third-order valence-electron chi connectivity index (χ3n) is 7.10. The summed E-state index contributed by atoms with van der Waals surface area (Å²) in [7, 11) is 0. The molecule has 9 heteroatoms. The van der Waals surface area contributed by atoms with E-state index in [9.17, 15) is 19.5 Å². The molecule has 1 aromatic carbocycles. The number of alkyl carbamates (subject to hydrolysis) is 1. The lowest BCUT2D eigenvalue weighted by Crippen LogP contribution is -2.42. The van der Waals surface area contributed by atoms with E-state index in [0.29, 0.717) is 24.3 Å². The van der Waals surface area contributed by atoms with Gasteiger partial charge in [-0.25, -0.2) is 14.0 Å². The SMILES string of the molecule is CC(C)(C)OC(=O)N[C@H]1C[C@@]12CCCN(c1cc3c(cc1F)c(=O)c(C(=O)O)cn3C1CC1)C2. The molecule has 2 saturated carbocycles. The molecule has 1 spiro atoms. The Hall–Kier alpha value is -3.10. The van der Waals surface area contributed by atoms with E-state index in [1.807, 2.05) is 30.2 Å². The normalized spacial score (nSPS) is 24.4. The van der Waals surface area contributed by atoms with Gasteiger partial charge in [0.25, 0.3) is 0 Å². The first kappa shape index (κ1) is 22.7. The maximum Gasteiger partial charge on any atom is 0.407 e. The molecule has 2 atom stereocenters. The second-order valence-corrected chi connectivity index (χ2v) is 10.9. The fourth-order valence-corrected chi connectivity index (χ4v) is 5.23. The quantitative estimate of drug-likeness (QED) is 0.698. The van der Waals surface area contributed by atoms with E-state index in [0.717, 1.165) is 32.1 Å². The molecule has 3 fully saturated rings. The molecule has 0 radical (unpaired) electrons. The zero-order valence-electron chi connectivity index (χ0n) is 19.7. The van der Waals surface area contributed by atoms with Crippen molar-refractivity contribution in [3.8, 4) is 0 Å². The number of carboxylic acid groups (broad SMARTS) is 1. The van der Waals surface area contributed by atoms with E-state index in [1.165, 1.54) is 12.3 Å². The van der Waals surface area contributed by atoms with Gasteiger partial charge in [0.1, 0.15) is 17.0 Å². The molecule has 1 amide bonds. The Balaban J connectivity index is 1.43. The highest BCUT2D eigenvalue weighted by Gasteiger charge is 2.57. The minimum atomic E-state index is -1.30. The average Bonchev–Trinajstić information content (AvgIpc) is 3.65. The first-order chi connectivity index (χ1) is 16.0. The molecule has 2 aliphatic carbocycles. The third-order valence-corrected chi connectivity index (χ3v) is 7.10. The molecule has 3 aliphatic rings. The molecule has 1 aromatic heterocycles. The molecule has 2 heterocycles. The van der Waals surface area contributed by atoms with E-state index in [2.05, 4.69) is 5.32 Å². The predicted octanol–water partition coefficient (Wildman–Crippen LogP) is 4.06. The summed E-state index contributed by atoms with van der Waals surface area (Å²) < 4.78 is 22.5. The number of hydrogen-bond acceptors (Lipinski definition) is 5. The molecule has 5 rings (SSSR count). The fraction of sp³-hybridized carbons (Fsp3) is 0.560. The molecular weight excluding hydrogens is 441 g/mol. The lowest BCUT2D eigenvalue weighted by molar-refractivity contribution is 0.0514. The van der Waals surface area contributed by atoms with Gasteiger partial charge in [0, 0.05) is 42.2 Å². The summed E-state index contributed by atoms with van der Waals surface area (Å²) in [6.45, 7) is 6.73. The average molecular weight is 472 g/mol. The van der Waals surface area contributed by atoms with Gasteiger partial charge in [-0.2, -0.15) is 0 Å². The Morgan fingerprint density at radius 2 is 2.00 bits per heavy atom. The number of ether oxygens (including phenoxy) is 1. The van der Waals surface area contributed by atoms with E-state index in [1.54, 1.807) is 6.07 Å². The number of amides is 1. The van der Waals surface area contributed by atoms with Crippen LogP contribution in [0.5, 0.6) is 0 Å². The van der Waals surface area contributed by atoms with Crippen molar-refractivity contribution in [2.75, 3.05) is 18.0 Å². The first-order valence-electron chi connectivity index (χ1n) is 11.8. The molecule has 182 valence electrons. The van der Waals surface area contributed by atoms with Gasteiger partial charge in [0.15, 0.2) is 0 Å². The number of aromatic carboxylic acids is 1. The van der Waals surface area contributed by atoms with Crippen LogP contribution in [0.1, 0.15) is 69.3 Å². The Morgan fingerprint density at radius 3 is 2.65 bits per heavy atom. The molecule has 8 nitrogen and oxygen atoms in total. The molecule has 1 saturated heterocycles. The smallest absolute Gasteiger partial charge is 0.407 e. The number of anilines is 1. The minimum Gasteiger partial charge on any atom is -0.477 e. The van der Waals surface area contributed by atoms with Gasteiger partial charge in [-0.3, -0.25) is 4.79 Å². The number of nitrogens with zero attached hydrogens (tertiary/aromatic N) is 2. The Labute approximate surface area is 196 Å². The lowest BCUT2D eigenvalue weighted by Gasteiger charge is -2.36. The van der Waals surface area contributed by atoms with Crippen LogP contribution in [0.15, 0.2) is 23.1 Å². The summed E-state index contributed by atoms with van der Waals surface area (Å²) in [6, 6.07) is 2.98. The Bertz CT molecular complexity index is 1250. The van der Waals surface area contributed by atoms with Crippen LogP contribution in [-0.4, -0.2) is 46.5 Å². The number of carbonyl (C=O) groups is 2. The predicted molar refractivity (Wildman–Crippen MR) is 125 cm³/mol. The van der Waals surface area contributed by atoms with Gasteiger partial charge < -0.3 is 24.6 Å². The van der Waals surface area contributed by atoms with Crippen LogP contribution in [-0.2, 0) is 4.74 Å². The number of piperidine rings is 1. The molecule has 2 N–H and O–H groups in total. The van der Waals surface area contributed by atoms with E-state index >= 15 is 4.39 Å². The number of carboxylic acids is 1. The zero-order chi connectivity index (χ0) is 24.4. The van der Waals surface area contributed by atoms with Crippen LogP contribution in [0.2, 0.25) is 0 Å². The number of halogens is 1. The van der Waals surface area contributed by atoms with Gasteiger partial charge in [0.2, 0.25) is 5.43 Å². The van der Waals surface area contributed by atoms with Crippen molar-refractivity contribution in [2.45, 2.75) is 70.6 Å². The number of fused-ring (bicyclic) bond motifs is 1.